The van der Waals surface area contributed by atoms with Crippen LogP contribution in [0.3, 0.4) is 0 Å². The standard InChI is InChI=1S/C18H11F3N4O4S/c19-18(20,21)17(24-13(26)10-7-4-8-30-10)11-12(22-15(17)28)25(16(29)23-14(11)27)9-5-2-1-3-6-9/h1-8H,(H,22,28)(H,24,26)(H,23,27,29)/t17-/m1/s1. The molecule has 3 aromatic rings. The van der Waals surface area contributed by atoms with Crippen molar-refractivity contribution in [1.82, 2.24) is 14.9 Å². The average Bonchev–Trinajstić information content (AvgIpc) is 3.30. The summed E-state index contributed by atoms with van der Waals surface area (Å²) in [6, 6.07) is 10.2. The number of thiophene rings is 1. The fourth-order valence-corrected chi connectivity index (χ4v) is 3.86. The van der Waals surface area contributed by atoms with Crippen LogP contribution in [0.1, 0.15) is 15.2 Å². The second-order valence-electron chi connectivity index (χ2n) is 6.29. The van der Waals surface area contributed by atoms with Crippen molar-refractivity contribution in [3.63, 3.8) is 0 Å². The van der Waals surface area contributed by atoms with E-state index < -0.39 is 46.2 Å². The second-order valence-corrected chi connectivity index (χ2v) is 7.23. The summed E-state index contributed by atoms with van der Waals surface area (Å²) in [4.78, 5) is 51.6. The van der Waals surface area contributed by atoms with Gasteiger partial charge in [0.2, 0.25) is 0 Å². The van der Waals surface area contributed by atoms with Gasteiger partial charge in [0.15, 0.2) is 0 Å². The minimum absolute atomic E-state index is 0.0901. The molecule has 0 radical (unpaired) electrons. The third-order valence-corrected chi connectivity index (χ3v) is 5.41. The van der Waals surface area contributed by atoms with Gasteiger partial charge in [-0.25, -0.2) is 9.36 Å². The summed E-state index contributed by atoms with van der Waals surface area (Å²) < 4.78 is 43.5. The first kappa shape index (κ1) is 19.6. The number of nitrogens with zero attached hydrogens (tertiary/aromatic N) is 1. The van der Waals surface area contributed by atoms with Crippen LogP contribution in [0, 0.1) is 0 Å². The van der Waals surface area contributed by atoms with Crippen LogP contribution < -0.4 is 21.9 Å². The van der Waals surface area contributed by atoms with Crippen molar-refractivity contribution in [2.75, 3.05) is 5.32 Å². The minimum atomic E-state index is -5.39. The third kappa shape index (κ3) is 2.76. The van der Waals surface area contributed by atoms with E-state index in [-0.39, 0.29) is 10.6 Å². The lowest BCUT2D eigenvalue weighted by Gasteiger charge is -2.29. The zero-order chi connectivity index (χ0) is 21.7. The Labute approximate surface area is 169 Å². The Morgan fingerprint density at radius 2 is 1.77 bits per heavy atom. The van der Waals surface area contributed by atoms with Gasteiger partial charge in [0.05, 0.1) is 10.6 Å². The molecule has 8 nitrogen and oxygen atoms in total. The molecule has 30 heavy (non-hydrogen) atoms. The molecule has 2 amide bonds. The van der Waals surface area contributed by atoms with Gasteiger partial charge in [-0.3, -0.25) is 19.4 Å². The zero-order valence-electron chi connectivity index (χ0n) is 14.7. The molecule has 0 saturated heterocycles. The number of benzene rings is 1. The molecule has 1 atom stereocenters. The molecular formula is C18H11F3N4O4S. The Bertz CT molecular complexity index is 1270. The highest BCUT2D eigenvalue weighted by Gasteiger charge is 2.68. The smallest absolute Gasteiger partial charge is 0.326 e. The molecule has 0 spiro atoms. The van der Waals surface area contributed by atoms with E-state index in [1.807, 2.05) is 5.32 Å². The number of fused-ring (bicyclic) bond motifs is 1. The van der Waals surface area contributed by atoms with Gasteiger partial charge in [-0.2, -0.15) is 13.2 Å². The van der Waals surface area contributed by atoms with Crippen molar-refractivity contribution in [3.05, 3.63) is 79.1 Å². The zero-order valence-corrected chi connectivity index (χ0v) is 15.6. The number of hydrogen-bond donors (Lipinski definition) is 3. The van der Waals surface area contributed by atoms with Crippen molar-refractivity contribution < 1.29 is 22.8 Å². The molecule has 0 fully saturated rings. The molecule has 1 aliphatic rings. The fraction of sp³-hybridized carbons (Fsp3) is 0.111. The van der Waals surface area contributed by atoms with Crippen LogP contribution in [0.2, 0.25) is 0 Å². The van der Waals surface area contributed by atoms with Crippen LogP contribution in [0.5, 0.6) is 0 Å². The molecule has 154 valence electrons. The number of amides is 2. The maximum Gasteiger partial charge on any atom is 0.425 e. The number of rotatable bonds is 3. The van der Waals surface area contributed by atoms with E-state index in [1.165, 1.54) is 41.8 Å². The Hall–Kier alpha value is -3.67. The van der Waals surface area contributed by atoms with Gasteiger partial charge >= 0.3 is 11.9 Å². The summed E-state index contributed by atoms with van der Waals surface area (Å²) in [5, 5.41) is 5.12. The predicted molar refractivity (Wildman–Crippen MR) is 101 cm³/mol. The van der Waals surface area contributed by atoms with Crippen molar-refractivity contribution in [2.45, 2.75) is 11.7 Å². The lowest BCUT2D eigenvalue weighted by molar-refractivity contribution is -0.196. The van der Waals surface area contributed by atoms with Crippen molar-refractivity contribution in [3.8, 4) is 5.69 Å². The van der Waals surface area contributed by atoms with Crippen molar-refractivity contribution >= 4 is 29.0 Å². The van der Waals surface area contributed by atoms with Gasteiger partial charge < -0.3 is 10.6 Å². The number of nitrogens with one attached hydrogen (secondary N) is 3. The van der Waals surface area contributed by atoms with Gasteiger partial charge in [-0.1, -0.05) is 24.3 Å². The Morgan fingerprint density at radius 3 is 2.37 bits per heavy atom. The Morgan fingerprint density at radius 1 is 1.07 bits per heavy atom. The molecule has 1 aromatic carbocycles. The van der Waals surface area contributed by atoms with E-state index >= 15 is 0 Å². The normalized spacial score (nSPS) is 18.0. The first-order chi connectivity index (χ1) is 14.2. The number of carbonyl (C=O) groups is 2. The number of alkyl halides is 3. The SMILES string of the molecule is O=C(N[C@@]1(C(F)(F)F)C(=O)Nc2c1c(=O)[nH]c(=O)n2-c1ccccc1)c1cccs1. The van der Waals surface area contributed by atoms with Crippen LogP contribution in [0.4, 0.5) is 19.0 Å². The molecule has 3 heterocycles. The van der Waals surface area contributed by atoms with Crippen LogP contribution in [-0.2, 0) is 10.3 Å². The predicted octanol–water partition coefficient (Wildman–Crippen LogP) is 1.73. The molecule has 12 heteroatoms. The van der Waals surface area contributed by atoms with E-state index in [1.54, 1.807) is 16.4 Å². The molecule has 0 saturated carbocycles. The summed E-state index contributed by atoms with van der Waals surface area (Å²) in [5.41, 5.74) is -7.18. The van der Waals surface area contributed by atoms with Gasteiger partial charge in [0.25, 0.3) is 22.9 Å². The molecule has 0 aliphatic carbocycles. The van der Waals surface area contributed by atoms with E-state index in [0.717, 1.165) is 15.9 Å². The quantitative estimate of drug-likeness (QED) is 0.580. The lowest BCUT2D eigenvalue weighted by Crippen LogP contribution is -2.62. The number of H-pyrrole nitrogens is 1. The van der Waals surface area contributed by atoms with Crippen molar-refractivity contribution in [2.24, 2.45) is 0 Å². The molecule has 3 N–H and O–H groups in total. The first-order valence-corrected chi connectivity index (χ1v) is 9.24. The van der Waals surface area contributed by atoms with E-state index in [9.17, 15) is 32.3 Å². The molecule has 2 aromatic heterocycles. The van der Waals surface area contributed by atoms with Crippen LogP contribution >= 0.6 is 11.3 Å². The molecular weight excluding hydrogens is 425 g/mol. The molecule has 0 unspecified atom stereocenters. The summed E-state index contributed by atoms with van der Waals surface area (Å²) >= 11 is 0.861. The van der Waals surface area contributed by atoms with E-state index in [4.69, 9.17) is 0 Å². The second kappa shape index (κ2) is 6.69. The molecule has 4 rings (SSSR count). The number of anilines is 1. The van der Waals surface area contributed by atoms with E-state index in [2.05, 4.69) is 0 Å². The number of aromatic nitrogens is 2. The highest BCUT2D eigenvalue weighted by Crippen LogP contribution is 2.45. The Kier molecular flexibility index (Phi) is 4.38. The molecule has 1 aliphatic heterocycles. The lowest BCUT2D eigenvalue weighted by atomic mass is 9.92. The maximum absolute atomic E-state index is 14.2. The fourth-order valence-electron chi connectivity index (χ4n) is 3.24. The highest BCUT2D eigenvalue weighted by molar-refractivity contribution is 7.12. The van der Waals surface area contributed by atoms with E-state index in [0.29, 0.717) is 0 Å². The average molecular weight is 436 g/mol. The number of aromatic amines is 1. The molecule has 0 bridgehead atoms. The van der Waals surface area contributed by atoms with Gasteiger partial charge in [0, 0.05) is 0 Å². The third-order valence-electron chi connectivity index (χ3n) is 4.54. The number of hydrogen-bond acceptors (Lipinski definition) is 5. The summed E-state index contributed by atoms with van der Waals surface area (Å²) in [6.07, 6.45) is -5.39. The minimum Gasteiger partial charge on any atom is -0.326 e. The number of para-hydroxylation sites is 1. The monoisotopic (exact) mass is 436 g/mol. The van der Waals surface area contributed by atoms with Gasteiger partial charge in [0.1, 0.15) is 11.4 Å². The van der Waals surface area contributed by atoms with Crippen LogP contribution in [-0.4, -0.2) is 27.5 Å². The number of halogens is 3. The Balaban J connectivity index is 2.01. The van der Waals surface area contributed by atoms with Crippen LogP contribution in [0.25, 0.3) is 5.69 Å². The largest absolute Gasteiger partial charge is 0.425 e. The summed E-state index contributed by atoms with van der Waals surface area (Å²) in [6.45, 7) is 0. The van der Waals surface area contributed by atoms with Gasteiger partial charge in [-0.15, -0.1) is 11.3 Å². The van der Waals surface area contributed by atoms with Crippen molar-refractivity contribution in [1.29, 1.82) is 0 Å². The van der Waals surface area contributed by atoms with Gasteiger partial charge in [-0.05, 0) is 23.6 Å². The topological polar surface area (TPSA) is 113 Å². The maximum atomic E-state index is 14.2. The van der Waals surface area contributed by atoms with Crippen LogP contribution in [0.15, 0.2) is 57.4 Å². The highest BCUT2D eigenvalue weighted by atomic mass is 32.1. The summed E-state index contributed by atoms with van der Waals surface area (Å²) in [7, 11) is 0. The number of carbonyl (C=O) groups excluding carboxylic acids is 2. The first-order valence-electron chi connectivity index (χ1n) is 8.36. The summed E-state index contributed by atoms with van der Waals surface area (Å²) in [5.74, 6) is -3.55.